The average molecular weight is 264 g/mol. The molecule has 0 aromatic rings. The molecule has 2 atom stereocenters. The molecule has 0 aromatic heterocycles. The predicted octanol–water partition coefficient (Wildman–Crippen LogP) is 2.25. The molecule has 0 fully saturated rings. The van der Waals surface area contributed by atoms with Gasteiger partial charge in [-0.1, -0.05) is 12.2 Å². The molecule has 19 heavy (non-hydrogen) atoms. The molecule has 0 amide bonds. The molecular formula is C15H20O4. The summed E-state index contributed by atoms with van der Waals surface area (Å²) in [4.78, 5) is 22.6. The number of hydrogen-bond acceptors (Lipinski definition) is 3. The lowest BCUT2D eigenvalue weighted by Crippen LogP contribution is -2.21. The Hall–Kier alpha value is -1.68. The standard InChI is InChI=1S/C15H20O4/c1-9-4-5-12(11(3)15(18)19)8-14(17)10(2)7-13(16)6-9/h6-7,12,14,17H,3-5,8H2,1-2H3,(H,18,19)/b9-6+,10-7-/t12-,14+/m1/s1. The molecule has 4 heteroatoms. The van der Waals surface area contributed by atoms with Crippen molar-refractivity contribution >= 4 is 11.8 Å². The third-order valence-electron chi connectivity index (χ3n) is 3.45. The highest BCUT2D eigenvalue weighted by Crippen LogP contribution is 2.27. The van der Waals surface area contributed by atoms with Gasteiger partial charge in [0.05, 0.1) is 6.10 Å². The number of ketones is 1. The maximum Gasteiger partial charge on any atom is 0.331 e. The van der Waals surface area contributed by atoms with Gasteiger partial charge < -0.3 is 10.2 Å². The van der Waals surface area contributed by atoms with Crippen LogP contribution in [0, 0.1) is 5.92 Å². The zero-order chi connectivity index (χ0) is 14.6. The maximum atomic E-state index is 11.6. The quantitative estimate of drug-likeness (QED) is 0.750. The van der Waals surface area contributed by atoms with Gasteiger partial charge in [-0.2, -0.15) is 0 Å². The van der Waals surface area contributed by atoms with E-state index in [1.807, 2.05) is 6.92 Å². The molecule has 0 spiro atoms. The number of carboxylic acid groups (broad SMARTS) is 1. The van der Waals surface area contributed by atoms with Crippen molar-refractivity contribution in [1.29, 1.82) is 0 Å². The molecule has 0 aromatic carbocycles. The topological polar surface area (TPSA) is 74.6 Å². The summed E-state index contributed by atoms with van der Waals surface area (Å²) < 4.78 is 0. The largest absolute Gasteiger partial charge is 0.478 e. The zero-order valence-corrected chi connectivity index (χ0v) is 11.3. The minimum absolute atomic E-state index is 0.117. The van der Waals surface area contributed by atoms with Crippen molar-refractivity contribution in [3.63, 3.8) is 0 Å². The first-order chi connectivity index (χ1) is 8.81. The van der Waals surface area contributed by atoms with Crippen LogP contribution < -0.4 is 0 Å². The van der Waals surface area contributed by atoms with Crippen molar-refractivity contribution in [3.05, 3.63) is 35.5 Å². The number of allylic oxidation sites excluding steroid dienone is 3. The Morgan fingerprint density at radius 2 is 2.00 bits per heavy atom. The van der Waals surface area contributed by atoms with Gasteiger partial charge in [0, 0.05) is 5.57 Å². The van der Waals surface area contributed by atoms with E-state index in [1.54, 1.807) is 6.92 Å². The van der Waals surface area contributed by atoms with Gasteiger partial charge in [0.1, 0.15) is 0 Å². The highest BCUT2D eigenvalue weighted by molar-refractivity contribution is 6.00. The van der Waals surface area contributed by atoms with Gasteiger partial charge in [-0.25, -0.2) is 4.79 Å². The molecule has 104 valence electrons. The zero-order valence-electron chi connectivity index (χ0n) is 11.3. The fraction of sp³-hybridized carbons (Fsp3) is 0.467. The second-order valence-electron chi connectivity index (χ2n) is 5.10. The average Bonchev–Trinajstić information content (AvgIpc) is 2.31. The smallest absolute Gasteiger partial charge is 0.331 e. The summed E-state index contributed by atoms with van der Waals surface area (Å²) in [7, 11) is 0. The van der Waals surface area contributed by atoms with E-state index in [4.69, 9.17) is 5.11 Å². The molecule has 1 aliphatic carbocycles. The Labute approximate surface area is 113 Å². The van der Waals surface area contributed by atoms with Crippen LogP contribution in [0.15, 0.2) is 35.5 Å². The van der Waals surface area contributed by atoms with E-state index in [0.29, 0.717) is 18.4 Å². The van der Waals surface area contributed by atoms with E-state index in [0.717, 1.165) is 5.57 Å². The molecule has 0 saturated carbocycles. The molecule has 1 aliphatic rings. The number of carboxylic acids is 1. The number of aliphatic carboxylic acids is 1. The van der Waals surface area contributed by atoms with Crippen molar-refractivity contribution in [2.24, 2.45) is 5.92 Å². The van der Waals surface area contributed by atoms with Gasteiger partial charge >= 0.3 is 5.97 Å². The van der Waals surface area contributed by atoms with Gasteiger partial charge in [-0.3, -0.25) is 4.79 Å². The van der Waals surface area contributed by atoms with Crippen LogP contribution in [0.1, 0.15) is 33.1 Å². The van der Waals surface area contributed by atoms with Crippen LogP contribution in [-0.2, 0) is 9.59 Å². The SMILES string of the molecule is C=C(C(=O)O)[C@@H]1CC/C(C)=C/C(=O)/C=C(/C)[C@@H](O)C1. The minimum atomic E-state index is -1.03. The summed E-state index contributed by atoms with van der Waals surface area (Å²) in [6.07, 6.45) is 3.61. The minimum Gasteiger partial charge on any atom is -0.478 e. The predicted molar refractivity (Wildman–Crippen MR) is 72.6 cm³/mol. The Bertz CT molecular complexity index is 457. The first-order valence-electron chi connectivity index (χ1n) is 6.30. The molecule has 2 N–H and O–H groups in total. The van der Waals surface area contributed by atoms with Crippen LogP contribution in [0.2, 0.25) is 0 Å². The van der Waals surface area contributed by atoms with Crippen LogP contribution in [0.4, 0.5) is 0 Å². The monoisotopic (exact) mass is 264 g/mol. The fourth-order valence-corrected chi connectivity index (χ4v) is 2.14. The third kappa shape index (κ3) is 4.48. The Morgan fingerprint density at radius 1 is 1.37 bits per heavy atom. The summed E-state index contributed by atoms with van der Waals surface area (Å²) in [5.41, 5.74) is 1.58. The molecule has 4 nitrogen and oxygen atoms in total. The summed E-state index contributed by atoms with van der Waals surface area (Å²) in [5.74, 6) is -1.45. The first kappa shape index (κ1) is 15.4. The summed E-state index contributed by atoms with van der Waals surface area (Å²) in [5, 5.41) is 19.0. The molecule has 1 rings (SSSR count). The number of aliphatic hydroxyl groups excluding tert-OH is 1. The number of rotatable bonds is 2. The highest BCUT2D eigenvalue weighted by atomic mass is 16.4. The van der Waals surface area contributed by atoms with Crippen molar-refractivity contribution in [3.8, 4) is 0 Å². The Morgan fingerprint density at radius 3 is 2.58 bits per heavy atom. The molecule has 0 bridgehead atoms. The van der Waals surface area contributed by atoms with Crippen molar-refractivity contribution in [1.82, 2.24) is 0 Å². The van der Waals surface area contributed by atoms with Gasteiger partial charge in [0.25, 0.3) is 0 Å². The second kappa shape index (κ2) is 6.48. The van der Waals surface area contributed by atoms with E-state index in [2.05, 4.69) is 6.58 Å². The number of carbonyl (C=O) groups excluding carboxylic acids is 1. The van der Waals surface area contributed by atoms with E-state index in [1.165, 1.54) is 12.2 Å². The third-order valence-corrected chi connectivity index (χ3v) is 3.45. The summed E-state index contributed by atoms with van der Waals surface area (Å²) >= 11 is 0. The number of carbonyl (C=O) groups is 2. The lowest BCUT2D eigenvalue weighted by molar-refractivity contribution is -0.133. The van der Waals surface area contributed by atoms with Gasteiger partial charge in [0.2, 0.25) is 0 Å². The molecule has 0 heterocycles. The fourth-order valence-electron chi connectivity index (χ4n) is 2.14. The van der Waals surface area contributed by atoms with Crippen LogP contribution in [0.3, 0.4) is 0 Å². The molecule has 0 aliphatic heterocycles. The van der Waals surface area contributed by atoms with Crippen molar-refractivity contribution in [2.45, 2.75) is 39.2 Å². The summed E-state index contributed by atoms with van der Waals surface area (Å²) in [6.45, 7) is 7.11. The van der Waals surface area contributed by atoms with Gasteiger partial charge in [0.15, 0.2) is 5.78 Å². The van der Waals surface area contributed by atoms with E-state index >= 15 is 0 Å². The van der Waals surface area contributed by atoms with Crippen LogP contribution in [-0.4, -0.2) is 28.1 Å². The van der Waals surface area contributed by atoms with Gasteiger partial charge in [-0.05, 0) is 56.8 Å². The normalized spacial score (nSPS) is 30.8. The Balaban J connectivity index is 3.00. The van der Waals surface area contributed by atoms with Crippen LogP contribution in [0.5, 0.6) is 0 Å². The second-order valence-corrected chi connectivity index (χ2v) is 5.10. The number of hydrogen-bond donors (Lipinski definition) is 2. The lowest BCUT2D eigenvalue weighted by atomic mass is 9.85. The molecular weight excluding hydrogens is 244 g/mol. The van der Waals surface area contributed by atoms with Crippen molar-refractivity contribution < 1.29 is 19.8 Å². The first-order valence-corrected chi connectivity index (χ1v) is 6.30. The van der Waals surface area contributed by atoms with E-state index < -0.39 is 12.1 Å². The maximum absolute atomic E-state index is 11.6. The summed E-state index contributed by atoms with van der Waals surface area (Å²) in [6, 6.07) is 0. The van der Waals surface area contributed by atoms with E-state index in [-0.39, 0.29) is 23.7 Å². The molecule has 0 radical (unpaired) electrons. The van der Waals surface area contributed by atoms with Crippen LogP contribution in [0.25, 0.3) is 0 Å². The lowest BCUT2D eigenvalue weighted by Gasteiger charge is -2.22. The molecule has 0 saturated heterocycles. The highest BCUT2D eigenvalue weighted by Gasteiger charge is 2.23. The Kier molecular flexibility index (Phi) is 5.24. The van der Waals surface area contributed by atoms with Gasteiger partial charge in [-0.15, -0.1) is 0 Å². The molecule has 0 unspecified atom stereocenters. The van der Waals surface area contributed by atoms with Crippen molar-refractivity contribution in [2.75, 3.05) is 0 Å². The van der Waals surface area contributed by atoms with Crippen LogP contribution >= 0.6 is 0 Å². The van der Waals surface area contributed by atoms with E-state index in [9.17, 15) is 14.7 Å². The number of aliphatic hydroxyl groups is 1.